The average Bonchev–Trinajstić information content (AvgIpc) is 2.34. The maximum absolute atomic E-state index is 8.69. The van der Waals surface area contributed by atoms with Crippen molar-refractivity contribution in [3.05, 3.63) is 40.5 Å². The fraction of sp³-hybridized carbons (Fsp3) is 0.615. The van der Waals surface area contributed by atoms with E-state index >= 15 is 0 Å². The Bertz CT molecular complexity index is 449. The number of nitrogens with zero attached hydrogens (tertiary/aromatic N) is 4. The summed E-state index contributed by atoms with van der Waals surface area (Å²) in [6.45, 7) is 11.4. The Morgan fingerprint density at radius 2 is 1.95 bits per heavy atom. The molecule has 0 amide bonds. The van der Waals surface area contributed by atoms with Crippen LogP contribution in [-0.4, -0.2) is 19.9 Å². The molecule has 0 aliphatic rings. The van der Waals surface area contributed by atoms with Gasteiger partial charge in [-0.1, -0.05) is 25.9 Å². The molecule has 0 fully saturated rings. The third kappa shape index (κ3) is 4.35. The van der Waals surface area contributed by atoms with Crippen LogP contribution in [0.5, 0.6) is 0 Å². The molecule has 0 aliphatic heterocycles. The van der Waals surface area contributed by atoms with Gasteiger partial charge in [-0.25, -0.2) is 0 Å². The van der Waals surface area contributed by atoms with Crippen LogP contribution in [0.4, 0.5) is 0 Å². The van der Waals surface area contributed by atoms with Crippen molar-refractivity contribution in [2.75, 3.05) is 6.61 Å². The minimum Gasteiger partial charge on any atom is -0.416 e. The van der Waals surface area contributed by atoms with E-state index in [-0.39, 0.29) is 11.1 Å². The van der Waals surface area contributed by atoms with Gasteiger partial charge in [0.2, 0.25) is 0 Å². The molecule has 0 aliphatic carbocycles. The second-order valence-electron chi connectivity index (χ2n) is 6.07. The zero-order valence-corrected chi connectivity index (χ0v) is 13.3. The molecular formula is C13H22N4OSi. The van der Waals surface area contributed by atoms with Gasteiger partial charge >= 0.3 is 0 Å². The van der Waals surface area contributed by atoms with E-state index in [1.54, 1.807) is 12.4 Å². The van der Waals surface area contributed by atoms with Gasteiger partial charge in [0.15, 0.2) is 8.32 Å². The highest BCUT2D eigenvalue weighted by Crippen LogP contribution is 2.37. The predicted molar refractivity (Wildman–Crippen MR) is 79.3 cm³/mol. The van der Waals surface area contributed by atoms with E-state index in [4.69, 9.17) is 9.96 Å². The van der Waals surface area contributed by atoms with E-state index in [1.165, 1.54) is 0 Å². The van der Waals surface area contributed by atoms with Crippen LogP contribution < -0.4 is 0 Å². The standard InChI is InChI=1S/C13H22N4OSi/c1-13(2,3)19(4,5)18-10-12(16-17-14)11-6-8-15-9-7-11/h6-9,12H,10H2,1-5H3. The molecule has 6 heteroatoms. The highest BCUT2D eigenvalue weighted by atomic mass is 28.4. The molecule has 19 heavy (non-hydrogen) atoms. The SMILES string of the molecule is CC(C)(C)[Si](C)(C)OCC(N=[N+]=[N-])c1ccncc1. The minimum absolute atomic E-state index is 0.145. The number of hydrogen-bond acceptors (Lipinski definition) is 3. The van der Waals surface area contributed by atoms with Crippen LogP contribution in [0, 0.1) is 0 Å². The molecule has 0 saturated heterocycles. The molecule has 0 radical (unpaired) electrons. The lowest BCUT2D eigenvalue weighted by Gasteiger charge is -2.36. The van der Waals surface area contributed by atoms with E-state index < -0.39 is 8.32 Å². The van der Waals surface area contributed by atoms with Gasteiger partial charge in [0.05, 0.1) is 6.04 Å². The topological polar surface area (TPSA) is 70.9 Å². The van der Waals surface area contributed by atoms with E-state index in [1.807, 2.05) is 12.1 Å². The molecule has 1 aromatic heterocycles. The second kappa shape index (κ2) is 6.19. The summed E-state index contributed by atoms with van der Waals surface area (Å²) >= 11 is 0. The van der Waals surface area contributed by atoms with Crippen LogP contribution in [0.25, 0.3) is 10.4 Å². The van der Waals surface area contributed by atoms with Crippen molar-refractivity contribution in [3.8, 4) is 0 Å². The summed E-state index contributed by atoms with van der Waals surface area (Å²) < 4.78 is 6.12. The van der Waals surface area contributed by atoms with Gasteiger partial charge in [-0.2, -0.15) is 0 Å². The van der Waals surface area contributed by atoms with Crippen molar-refractivity contribution < 1.29 is 4.43 Å². The molecule has 104 valence electrons. The molecule has 0 spiro atoms. The molecule has 0 saturated carbocycles. The zero-order chi connectivity index (χ0) is 14.5. The lowest BCUT2D eigenvalue weighted by molar-refractivity contribution is 0.264. The maximum Gasteiger partial charge on any atom is 0.192 e. The van der Waals surface area contributed by atoms with E-state index in [2.05, 4.69) is 48.9 Å². The number of hydrogen-bond donors (Lipinski definition) is 0. The Balaban J connectivity index is 2.80. The van der Waals surface area contributed by atoms with Crippen molar-refractivity contribution in [1.29, 1.82) is 0 Å². The smallest absolute Gasteiger partial charge is 0.192 e. The van der Waals surface area contributed by atoms with Gasteiger partial charge in [0.1, 0.15) is 0 Å². The summed E-state index contributed by atoms with van der Waals surface area (Å²) in [7, 11) is -1.83. The lowest BCUT2D eigenvalue weighted by Crippen LogP contribution is -2.41. The first kappa shape index (κ1) is 15.7. The van der Waals surface area contributed by atoms with Crippen molar-refractivity contribution >= 4 is 8.32 Å². The largest absolute Gasteiger partial charge is 0.416 e. The van der Waals surface area contributed by atoms with Crippen LogP contribution in [0.2, 0.25) is 18.1 Å². The fourth-order valence-corrected chi connectivity index (χ4v) is 2.36. The first-order chi connectivity index (χ1) is 8.78. The minimum atomic E-state index is -1.83. The number of rotatable bonds is 5. The normalized spacial score (nSPS) is 13.7. The Morgan fingerprint density at radius 3 is 2.42 bits per heavy atom. The van der Waals surface area contributed by atoms with Gasteiger partial charge in [-0.15, -0.1) is 0 Å². The van der Waals surface area contributed by atoms with Crippen molar-refractivity contribution in [3.63, 3.8) is 0 Å². The summed E-state index contributed by atoms with van der Waals surface area (Å²) in [4.78, 5) is 6.88. The van der Waals surface area contributed by atoms with Crippen molar-refractivity contribution in [2.45, 2.75) is 44.9 Å². The van der Waals surface area contributed by atoms with Crippen LogP contribution in [0.1, 0.15) is 32.4 Å². The van der Waals surface area contributed by atoms with Crippen molar-refractivity contribution in [1.82, 2.24) is 4.98 Å². The first-order valence-electron chi connectivity index (χ1n) is 6.36. The highest BCUT2D eigenvalue weighted by Gasteiger charge is 2.37. The lowest BCUT2D eigenvalue weighted by atomic mass is 10.1. The molecule has 1 rings (SSSR count). The Kier molecular flexibility index (Phi) is 5.11. The summed E-state index contributed by atoms with van der Waals surface area (Å²) in [5.74, 6) is 0. The quantitative estimate of drug-likeness (QED) is 0.345. The molecule has 1 unspecified atom stereocenters. The summed E-state index contributed by atoms with van der Waals surface area (Å²) in [6, 6.07) is 3.42. The second-order valence-corrected chi connectivity index (χ2v) is 10.9. The van der Waals surface area contributed by atoms with E-state index in [9.17, 15) is 0 Å². The first-order valence-corrected chi connectivity index (χ1v) is 9.27. The van der Waals surface area contributed by atoms with Crippen LogP contribution >= 0.6 is 0 Å². The Morgan fingerprint density at radius 1 is 1.37 bits per heavy atom. The number of azide groups is 1. The molecular weight excluding hydrogens is 256 g/mol. The molecule has 0 bridgehead atoms. The van der Waals surface area contributed by atoms with E-state index in [0.717, 1.165) is 5.56 Å². The molecule has 0 aromatic carbocycles. The van der Waals surface area contributed by atoms with E-state index in [0.29, 0.717) is 6.61 Å². The molecule has 5 nitrogen and oxygen atoms in total. The molecule has 1 heterocycles. The number of pyridine rings is 1. The van der Waals surface area contributed by atoms with Gasteiger partial charge < -0.3 is 4.43 Å². The third-order valence-electron chi connectivity index (χ3n) is 3.69. The van der Waals surface area contributed by atoms with Gasteiger partial charge in [-0.05, 0) is 41.4 Å². The highest BCUT2D eigenvalue weighted by molar-refractivity contribution is 6.74. The molecule has 0 N–H and O–H groups in total. The predicted octanol–water partition coefficient (Wildman–Crippen LogP) is 4.45. The Labute approximate surface area is 115 Å². The van der Waals surface area contributed by atoms with Gasteiger partial charge in [0, 0.05) is 23.9 Å². The zero-order valence-electron chi connectivity index (χ0n) is 12.3. The van der Waals surface area contributed by atoms with Crippen molar-refractivity contribution in [2.24, 2.45) is 5.11 Å². The Hall–Kier alpha value is -1.36. The van der Waals surface area contributed by atoms with Crippen LogP contribution in [0.15, 0.2) is 29.6 Å². The molecule has 1 aromatic rings. The summed E-state index contributed by atoms with van der Waals surface area (Å²) in [6.07, 6.45) is 3.39. The van der Waals surface area contributed by atoms with Crippen LogP contribution in [-0.2, 0) is 4.43 Å². The van der Waals surface area contributed by atoms with Gasteiger partial charge in [-0.3, -0.25) is 4.98 Å². The summed E-state index contributed by atoms with van der Waals surface area (Å²) in [5, 5.41) is 3.97. The average molecular weight is 278 g/mol. The monoisotopic (exact) mass is 278 g/mol. The molecule has 1 atom stereocenters. The third-order valence-corrected chi connectivity index (χ3v) is 8.19. The fourth-order valence-electron chi connectivity index (χ4n) is 1.35. The summed E-state index contributed by atoms with van der Waals surface area (Å²) in [5.41, 5.74) is 9.62. The van der Waals surface area contributed by atoms with Gasteiger partial charge in [0.25, 0.3) is 0 Å². The maximum atomic E-state index is 8.69. The number of aromatic nitrogens is 1. The van der Waals surface area contributed by atoms with Crippen LogP contribution in [0.3, 0.4) is 0 Å².